The lowest BCUT2D eigenvalue weighted by Crippen LogP contribution is -2.42. The molecule has 0 unspecified atom stereocenters. The van der Waals surface area contributed by atoms with Crippen LogP contribution in [-0.4, -0.2) is 75.4 Å². The molecule has 35 heavy (non-hydrogen) atoms. The van der Waals surface area contributed by atoms with Gasteiger partial charge in [-0.15, -0.1) is 0 Å². The van der Waals surface area contributed by atoms with Gasteiger partial charge >= 0.3 is 5.69 Å². The Balaban J connectivity index is 1.08. The lowest BCUT2D eigenvalue weighted by atomic mass is 9.98. The molecular weight excluding hydrogens is 492 g/mol. The van der Waals surface area contributed by atoms with Crippen molar-refractivity contribution in [3.63, 3.8) is 0 Å². The Kier molecular flexibility index (Phi) is 6.84. The van der Waals surface area contributed by atoms with Crippen LogP contribution in [0.15, 0.2) is 46.1 Å². The van der Waals surface area contributed by atoms with Crippen LogP contribution in [0.2, 0.25) is 0 Å². The predicted octanol–water partition coefficient (Wildman–Crippen LogP) is 1.29. The van der Waals surface area contributed by atoms with Crippen LogP contribution in [0.4, 0.5) is 0 Å². The minimum atomic E-state index is -3.63. The fraction of sp³-hybridized carbons (Fsp3) is 0.409. The molecule has 0 bridgehead atoms. The summed E-state index contributed by atoms with van der Waals surface area (Å²) in [4.78, 5) is 17.1. The van der Waals surface area contributed by atoms with Gasteiger partial charge in [0.1, 0.15) is 39.9 Å². The number of nitrogens with zero attached hydrogens (tertiary/aromatic N) is 3. The Morgan fingerprint density at radius 3 is 2.80 bits per heavy atom. The van der Waals surface area contributed by atoms with E-state index < -0.39 is 16.1 Å². The van der Waals surface area contributed by atoms with Crippen LogP contribution in [0.3, 0.4) is 0 Å². The van der Waals surface area contributed by atoms with Gasteiger partial charge in [0.15, 0.2) is 0 Å². The second-order valence-corrected chi connectivity index (χ2v) is 11.1. The van der Waals surface area contributed by atoms with Gasteiger partial charge in [0.25, 0.3) is 0 Å². The number of benzene rings is 2. The number of H-pyrrole nitrogens is 2. The maximum Gasteiger partial charge on any atom is 0.323 e. The quantitative estimate of drug-likeness (QED) is 0.259. The van der Waals surface area contributed by atoms with E-state index in [1.807, 2.05) is 0 Å². The molecule has 11 nitrogen and oxygen atoms in total. The van der Waals surface area contributed by atoms with Crippen molar-refractivity contribution in [1.82, 2.24) is 28.3 Å². The molecule has 5 rings (SSSR count). The van der Waals surface area contributed by atoms with Crippen molar-refractivity contribution in [3.8, 4) is 5.75 Å². The van der Waals surface area contributed by atoms with Gasteiger partial charge in [0.2, 0.25) is 10.0 Å². The number of hydrogen-bond acceptors (Lipinski definition) is 9. The highest BCUT2D eigenvalue weighted by Gasteiger charge is 2.31. The second kappa shape index (κ2) is 10.0. The molecular formula is C22H26N6O5S2. The Bertz CT molecular complexity index is 1470. The van der Waals surface area contributed by atoms with E-state index in [1.54, 1.807) is 36.4 Å². The van der Waals surface area contributed by atoms with Gasteiger partial charge in [-0.1, -0.05) is 12.1 Å². The van der Waals surface area contributed by atoms with Crippen molar-refractivity contribution >= 4 is 43.8 Å². The highest BCUT2D eigenvalue weighted by molar-refractivity contribution is 7.89. The summed E-state index contributed by atoms with van der Waals surface area (Å²) in [6.45, 7) is 1.97. The number of aromatic amines is 2. The summed E-state index contributed by atoms with van der Waals surface area (Å²) in [5, 5.41) is 13.6. The van der Waals surface area contributed by atoms with Gasteiger partial charge < -0.3 is 25.1 Å². The van der Waals surface area contributed by atoms with Crippen LogP contribution in [0, 0.1) is 5.92 Å². The SMILES string of the molecule is O=c1[nH]c2cccc(OC[C@@H](O)CNCC3CCN(S(=O)(=O)c4cccc5nsnc45)CC3)c2[nH]1. The van der Waals surface area contributed by atoms with Gasteiger partial charge in [-0.25, -0.2) is 13.2 Å². The Hall–Kier alpha value is -2.84. The molecule has 0 spiro atoms. The zero-order chi connectivity index (χ0) is 24.4. The smallest absolute Gasteiger partial charge is 0.323 e. The molecule has 4 aromatic rings. The average molecular weight is 519 g/mol. The lowest BCUT2D eigenvalue weighted by molar-refractivity contribution is 0.105. The van der Waals surface area contributed by atoms with Crippen molar-refractivity contribution in [1.29, 1.82) is 0 Å². The number of sulfonamides is 1. The van der Waals surface area contributed by atoms with Crippen molar-refractivity contribution in [2.45, 2.75) is 23.8 Å². The summed E-state index contributed by atoms with van der Waals surface area (Å²) in [6, 6.07) is 10.3. The average Bonchev–Trinajstić information content (AvgIpc) is 3.48. The normalized spacial score (nSPS) is 16.7. The monoisotopic (exact) mass is 518 g/mol. The van der Waals surface area contributed by atoms with Crippen molar-refractivity contribution in [2.75, 3.05) is 32.8 Å². The molecule has 0 radical (unpaired) electrons. The first-order valence-electron chi connectivity index (χ1n) is 11.4. The molecule has 3 heterocycles. The first-order chi connectivity index (χ1) is 16.9. The van der Waals surface area contributed by atoms with Crippen LogP contribution >= 0.6 is 11.7 Å². The molecule has 2 aromatic carbocycles. The number of aromatic nitrogens is 4. The maximum atomic E-state index is 13.2. The van der Waals surface area contributed by atoms with Crippen LogP contribution in [0.1, 0.15) is 12.8 Å². The third-order valence-electron chi connectivity index (χ3n) is 6.20. The predicted molar refractivity (Wildman–Crippen MR) is 132 cm³/mol. The van der Waals surface area contributed by atoms with Crippen LogP contribution in [0.5, 0.6) is 5.75 Å². The maximum absolute atomic E-state index is 13.2. The topological polar surface area (TPSA) is 153 Å². The fourth-order valence-electron chi connectivity index (χ4n) is 4.33. The Morgan fingerprint density at radius 2 is 1.97 bits per heavy atom. The molecule has 2 aromatic heterocycles. The molecule has 1 fully saturated rings. The molecule has 1 aliphatic rings. The van der Waals surface area contributed by atoms with Crippen LogP contribution < -0.4 is 15.7 Å². The van der Waals surface area contributed by atoms with E-state index in [4.69, 9.17) is 4.74 Å². The molecule has 1 atom stereocenters. The van der Waals surface area contributed by atoms with Crippen molar-refractivity contribution in [2.24, 2.45) is 5.92 Å². The Morgan fingerprint density at radius 1 is 1.17 bits per heavy atom. The number of ether oxygens (including phenoxy) is 1. The number of aliphatic hydroxyl groups is 1. The third kappa shape index (κ3) is 5.09. The van der Waals surface area contributed by atoms with Crippen molar-refractivity contribution in [3.05, 3.63) is 46.9 Å². The van der Waals surface area contributed by atoms with E-state index >= 15 is 0 Å². The van der Waals surface area contributed by atoms with E-state index in [2.05, 4.69) is 24.0 Å². The molecule has 1 aliphatic heterocycles. The van der Waals surface area contributed by atoms with E-state index in [-0.39, 0.29) is 17.2 Å². The molecule has 4 N–H and O–H groups in total. The molecule has 13 heteroatoms. The minimum absolute atomic E-state index is 0.0764. The third-order valence-corrected chi connectivity index (χ3v) is 8.67. The number of aliphatic hydroxyl groups excluding tert-OH is 1. The number of fused-ring (bicyclic) bond motifs is 2. The van der Waals surface area contributed by atoms with E-state index in [0.717, 1.165) is 24.6 Å². The Labute approximate surface area is 205 Å². The number of imidazole rings is 1. The van der Waals surface area contributed by atoms with Crippen molar-refractivity contribution < 1.29 is 18.3 Å². The summed E-state index contributed by atoms with van der Waals surface area (Å²) in [5.74, 6) is 0.808. The summed E-state index contributed by atoms with van der Waals surface area (Å²) in [5.41, 5.74) is 1.93. The highest BCUT2D eigenvalue weighted by Crippen LogP contribution is 2.28. The largest absolute Gasteiger partial charge is 0.489 e. The number of nitrogens with one attached hydrogen (secondary N) is 3. The molecule has 0 aliphatic carbocycles. The molecule has 1 saturated heterocycles. The number of hydrogen-bond donors (Lipinski definition) is 4. The first-order valence-corrected chi connectivity index (χ1v) is 13.5. The zero-order valence-electron chi connectivity index (χ0n) is 18.8. The number of para-hydroxylation sites is 1. The minimum Gasteiger partial charge on any atom is -0.489 e. The van der Waals surface area contributed by atoms with E-state index in [9.17, 15) is 18.3 Å². The molecule has 186 valence electrons. The zero-order valence-corrected chi connectivity index (χ0v) is 20.4. The van der Waals surface area contributed by atoms with E-state index in [1.165, 1.54) is 4.31 Å². The van der Waals surface area contributed by atoms with Crippen LogP contribution in [-0.2, 0) is 10.0 Å². The summed E-state index contributed by atoms with van der Waals surface area (Å²) < 4.78 is 41.8. The molecule has 0 saturated carbocycles. The van der Waals surface area contributed by atoms with Gasteiger partial charge in [-0.3, -0.25) is 0 Å². The van der Waals surface area contributed by atoms with Gasteiger partial charge in [-0.2, -0.15) is 13.1 Å². The number of piperidine rings is 1. The summed E-state index contributed by atoms with van der Waals surface area (Å²) >= 11 is 1.01. The van der Waals surface area contributed by atoms with Gasteiger partial charge in [0, 0.05) is 19.6 Å². The highest BCUT2D eigenvalue weighted by atomic mass is 32.2. The first kappa shape index (κ1) is 23.9. The van der Waals surface area contributed by atoms with Gasteiger partial charge in [0.05, 0.1) is 17.2 Å². The fourth-order valence-corrected chi connectivity index (χ4v) is 6.56. The van der Waals surface area contributed by atoms with E-state index in [0.29, 0.717) is 59.9 Å². The lowest BCUT2D eigenvalue weighted by Gasteiger charge is -2.31. The number of rotatable bonds is 9. The summed E-state index contributed by atoms with van der Waals surface area (Å²) in [7, 11) is -3.63. The summed E-state index contributed by atoms with van der Waals surface area (Å²) in [6.07, 6.45) is 0.725. The van der Waals surface area contributed by atoms with Gasteiger partial charge in [-0.05, 0) is 49.6 Å². The standard InChI is InChI=1S/C22H26N6O5S2/c29-15(13-33-18-5-1-3-16-20(18)25-22(30)24-16)12-23-11-14-7-9-28(10-8-14)35(31,32)19-6-2-4-17-21(19)27-34-26-17/h1-6,14-15,23,29H,7-13H2,(H2,24,25,30)/t15-/m0/s1. The van der Waals surface area contributed by atoms with Crippen LogP contribution in [0.25, 0.3) is 22.1 Å². The second-order valence-electron chi connectivity index (χ2n) is 8.62. The molecule has 0 amide bonds.